The van der Waals surface area contributed by atoms with Crippen molar-refractivity contribution < 1.29 is 0 Å². The Morgan fingerprint density at radius 2 is 1.48 bits per heavy atom. The third-order valence-corrected chi connectivity index (χ3v) is 7.11. The summed E-state index contributed by atoms with van der Waals surface area (Å²) >= 11 is 0. The highest BCUT2D eigenvalue weighted by Crippen LogP contribution is 2.44. The molecular formula is C27H30N2. The second-order valence-corrected chi connectivity index (χ2v) is 9.04. The van der Waals surface area contributed by atoms with Gasteiger partial charge in [-0.05, 0) is 90.6 Å². The van der Waals surface area contributed by atoms with E-state index in [0.29, 0.717) is 5.41 Å². The second-order valence-electron chi connectivity index (χ2n) is 9.04. The first-order valence-electron chi connectivity index (χ1n) is 10.9. The Morgan fingerprint density at radius 1 is 0.759 bits per heavy atom. The number of anilines is 1. The molecule has 0 radical (unpaired) electrons. The van der Waals surface area contributed by atoms with E-state index in [-0.39, 0.29) is 0 Å². The molecule has 148 valence electrons. The first kappa shape index (κ1) is 18.4. The van der Waals surface area contributed by atoms with Crippen LogP contribution in [0.25, 0.3) is 11.1 Å². The number of nitrogens with two attached hydrogens (primary N) is 1. The normalized spacial score (nSPS) is 18.5. The van der Waals surface area contributed by atoms with Crippen molar-refractivity contribution in [2.75, 3.05) is 18.8 Å². The van der Waals surface area contributed by atoms with Crippen LogP contribution in [0.1, 0.15) is 36.0 Å². The molecule has 2 aliphatic rings. The van der Waals surface area contributed by atoms with Gasteiger partial charge in [0.15, 0.2) is 0 Å². The molecule has 0 unspecified atom stereocenters. The lowest BCUT2D eigenvalue weighted by Crippen LogP contribution is -2.42. The molecule has 1 spiro atoms. The molecule has 1 aliphatic carbocycles. The molecule has 1 aliphatic heterocycles. The molecule has 2 nitrogen and oxygen atoms in total. The fourth-order valence-corrected chi connectivity index (χ4v) is 5.23. The van der Waals surface area contributed by atoms with E-state index in [1.165, 1.54) is 61.9 Å². The van der Waals surface area contributed by atoms with Crippen molar-refractivity contribution in [3.8, 4) is 11.1 Å². The van der Waals surface area contributed by atoms with Gasteiger partial charge in [-0.15, -0.1) is 0 Å². The topological polar surface area (TPSA) is 29.3 Å². The predicted molar refractivity (Wildman–Crippen MR) is 122 cm³/mol. The third-order valence-electron chi connectivity index (χ3n) is 7.11. The van der Waals surface area contributed by atoms with Gasteiger partial charge in [-0.1, -0.05) is 60.7 Å². The molecule has 3 aromatic rings. The Bertz CT molecular complexity index is 967. The van der Waals surface area contributed by atoms with Crippen LogP contribution in [0.3, 0.4) is 0 Å². The SMILES string of the molecule is Nc1ccc(-c2ccc3c(c2)CCC2(CCN(Cc4ccccc4)CC2)C3)cc1. The number of hydrogen-bond donors (Lipinski definition) is 1. The summed E-state index contributed by atoms with van der Waals surface area (Å²) < 4.78 is 0. The maximum absolute atomic E-state index is 5.84. The van der Waals surface area contributed by atoms with E-state index in [1.54, 1.807) is 11.1 Å². The van der Waals surface area contributed by atoms with Gasteiger partial charge in [-0.25, -0.2) is 0 Å². The van der Waals surface area contributed by atoms with Crippen molar-refractivity contribution in [3.05, 3.63) is 89.5 Å². The number of aryl methyl sites for hydroxylation is 1. The summed E-state index contributed by atoms with van der Waals surface area (Å²) in [7, 11) is 0. The van der Waals surface area contributed by atoms with Crippen molar-refractivity contribution in [1.29, 1.82) is 0 Å². The predicted octanol–water partition coefficient (Wildman–Crippen LogP) is 5.71. The Kier molecular flexibility index (Phi) is 4.89. The van der Waals surface area contributed by atoms with E-state index < -0.39 is 0 Å². The van der Waals surface area contributed by atoms with Crippen LogP contribution in [0.4, 0.5) is 5.69 Å². The van der Waals surface area contributed by atoms with Crippen molar-refractivity contribution in [2.45, 2.75) is 38.6 Å². The lowest BCUT2D eigenvalue weighted by atomic mass is 9.66. The number of piperidine rings is 1. The summed E-state index contributed by atoms with van der Waals surface area (Å²) in [5.41, 5.74) is 14.3. The summed E-state index contributed by atoms with van der Waals surface area (Å²) in [5, 5.41) is 0. The molecule has 2 heteroatoms. The van der Waals surface area contributed by atoms with Crippen LogP contribution in [-0.2, 0) is 19.4 Å². The highest BCUT2D eigenvalue weighted by molar-refractivity contribution is 5.67. The quantitative estimate of drug-likeness (QED) is 0.588. The van der Waals surface area contributed by atoms with Crippen LogP contribution in [-0.4, -0.2) is 18.0 Å². The van der Waals surface area contributed by atoms with Gasteiger partial charge in [0.1, 0.15) is 0 Å². The van der Waals surface area contributed by atoms with Gasteiger partial charge in [0.05, 0.1) is 0 Å². The number of nitrogen functional groups attached to an aromatic ring is 1. The van der Waals surface area contributed by atoms with Crippen LogP contribution < -0.4 is 5.73 Å². The Hall–Kier alpha value is -2.58. The Morgan fingerprint density at radius 3 is 2.24 bits per heavy atom. The largest absolute Gasteiger partial charge is 0.399 e. The maximum atomic E-state index is 5.84. The molecule has 0 amide bonds. The smallest absolute Gasteiger partial charge is 0.0314 e. The zero-order valence-electron chi connectivity index (χ0n) is 17.1. The second kappa shape index (κ2) is 7.68. The molecule has 5 rings (SSSR count). The van der Waals surface area contributed by atoms with E-state index in [9.17, 15) is 0 Å². The van der Waals surface area contributed by atoms with Gasteiger partial charge < -0.3 is 5.73 Å². The van der Waals surface area contributed by atoms with Crippen LogP contribution in [0.2, 0.25) is 0 Å². The first-order valence-corrected chi connectivity index (χ1v) is 10.9. The number of hydrogen-bond acceptors (Lipinski definition) is 2. The number of nitrogens with zero attached hydrogens (tertiary/aromatic N) is 1. The number of likely N-dealkylation sites (tertiary alicyclic amines) is 1. The van der Waals surface area contributed by atoms with Crippen LogP contribution in [0.15, 0.2) is 72.8 Å². The van der Waals surface area contributed by atoms with Crippen molar-refractivity contribution in [3.63, 3.8) is 0 Å². The van der Waals surface area contributed by atoms with Crippen LogP contribution >= 0.6 is 0 Å². The standard InChI is InChI=1S/C27H30N2/c28-26-10-8-22(9-11-26)23-6-7-25-19-27(13-12-24(25)18-23)14-16-29(17-15-27)20-21-4-2-1-3-5-21/h1-11,18H,12-17,19-20,28H2. The monoisotopic (exact) mass is 382 g/mol. The summed E-state index contributed by atoms with van der Waals surface area (Å²) in [6, 6.07) is 26.2. The van der Waals surface area contributed by atoms with E-state index in [4.69, 9.17) is 5.73 Å². The fraction of sp³-hybridized carbons (Fsp3) is 0.333. The fourth-order valence-electron chi connectivity index (χ4n) is 5.23. The van der Waals surface area contributed by atoms with E-state index >= 15 is 0 Å². The molecule has 2 N–H and O–H groups in total. The molecule has 1 heterocycles. The van der Waals surface area contributed by atoms with Crippen LogP contribution in [0, 0.1) is 5.41 Å². The van der Waals surface area contributed by atoms with E-state index in [2.05, 4.69) is 65.6 Å². The van der Waals surface area contributed by atoms with E-state index in [1.807, 2.05) is 12.1 Å². The van der Waals surface area contributed by atoms with Crippen LogP contribution in [0.5, 0.6) is 0 Å². The minimum absolute atomic E-state index is 0.517. The summed E-state index contributed by atoms with van der Waals surface area (Å²) in [5.74, 6) is 0. The minimum atomic E-state index is 0.517. The number of benzene rings is 3. The molecule has 3 aromatic carbocycles. The summed E-state index contributed by atoms with van der Waals surface area (Å²) in [4.78, 5) is 2.64. The molecule has 1 fully saturated rings. The average Bonchev–Trinajstić information content (AvgIpc) is 2.77. The van der Waals surface area contributed by atoms with Gasteiger partial charge in [0.2, 0.25) is 0 Å². The zero-order chi connectivity index (χ0) is 19.7. The van der Waals surface area contributed by atoms with Gasteiger partial charge >= 0.3 is 0 Å². The van der Waals surface area contributed by atoms with Gasteiger partial charge in [-0.3, -0.25) is 4.90 Å². The van der Waals surface area contributed by atoms with Gasteiger partial charge in [0, 0.05) is 12.2 Å². The van der Waals surface area contributed by atoms with E-state index in [0.717, 1.165) is 12.2 Å². The molecule has 0 atom stereocenters. The Labute approximate surface area is 174 Å². The zero-order valence-corrected chi connectivity index (χ0v) is 17.1. The first-order chi connectivity index (χ1) is 14.2. The number of rotatable bonds is 3. The Balaban J connectivity index is 1.26. The maximum Gasteiger partial charge on any atom is 0.0314 e. The summed E-state index contributed by atoms with van der Waals surface area (Å²) in [6.45, 7) is 3.56. The van der Waals surface area contributed by atoms with Gasteiger partial charge in [0.25, 0.3) is 0 Å². The van der Waals surface area contributed by atoms with Crippen molar-refractivity contribution in [1.82, 2.24) is 4.90 Å². The molecule has 0 aromatic heterocycles. The molecule has 0 saturated carbocycles. The van der Waals surface area contributed by atoms with Gasteiger partial charge in [-0.2, -0.15) is 0 Å². The highest BCUT2D eigenvalue weighted by Gasteiger charge is 2.37. The summed E-state index contributed by atoms with van der Waals surface area (Å²) in [6.07, 6.45) is 6.47. The molecule has 1 saturated heterocycles. The molecule has 0 bridgehead atoms. The minimum Gasteiger partial charge on any atom is -0.399 e. The average molecular weight is 383 g/mol. The lowest BCUT2D eigenvalue weighted by molar-refractivity contribution is 0.0854. The highest BCUT2D eigenvalue weighted by atomic mass is 15.1. The third kappa shape index (κ3) is 3.95. The lowest BCUT2D eigenvalue weighted by Gasteiger charge is -2.45. The molecular weight excluding hydrogens is 352 g/mol. The van der Waals surface area contributed by atoms with Crippen molar-refractivity contribution in [2.24, 2.45) is 5.41 Å². The number of fused-ring (bicyclic) bond motifs is 1. The van der Waals surface area contributed by atoms with Crippen molar-refractivity contribution >= 4 is 5.69 Å². The molecule has 29 heavy (non-hydrogen) atoms.